The lowest BCUT2D eigenvalue weighted by molar-refractivity contribution is 0.768. The second-order valence-corrected chi connectivity index (χ2v) is 5.42. The summed E-state index contributed by atoms with van der Waals surface area (Å²) in [5.41, 5.74) is 3.84. The average molecular weight is 317 g/mol. The first-order valence-electron chi connectivity index (χ1n) is 7.52. The van der Waals surface area contributed by atoms with Crippen LogP contribution in [0.5, 0.6) is 0 Å². The van der Waals surface area contributed by atoms with Crippen molar-refractivity contribution < 1.29 is 0 Å². The van der Waals surface area contributed by atoms with Crippen LogP contribution >= 0.6 is 0 Å². The third-order valence-corrected chi connectivity index (χ3v) is 3.72. The molecule has 0 saturated heterocycles. The smallest absolute Gasteiger partial charge is 0.137 e. The predicted octanol–water partition coefficient (Wildman–Crippen LogP) is 2.43. The molecule has 4 heterocycles. The molecule has 24 heavy (non-hydrogen) atoms. The summed E-state index contributed by atoms with van der Waals surface area (Å²) in [5.74, 6) is 0.794. The van der Waals surface area contributed by atoms with Crippen molar-refractivity contribution in [3.8, 4) is 11.3 Å². The molecule has 0 saturated carbocycles. The molecule has 0 atom stereocenters. The number of pyridine rings is 2. The van der Waals surface area contributed by atoms with E-state index in [-0.39, 0.29) is 0 Å². The number of anilines is 1. The first kappa shape index (κ1) is 14.3. The van der Waals surface area contributed by atoms with E-state index in [1.165, 1.54) is 0 Å². The summed E-state index contributed by atoms with van der Waals surface area (Å²) in [5, 5.41) is 8.50. The summed E-state index contributed by atoms with van der Waals surface area (Å²) in [4.78, 5) is 17.0. The van der Waals surface area contributed by atoms with Gasteiger partial charge in [-0.05, 0) is 23.8 Å². The first-order valence-corrected chi connectivity index (χ1v) is 7.52. The van der Waals surface area contributed by atoms with Gasteiger partial charge in [0.25, 0.3) is 0 Å². The number of nitrogens with zero attached hydrogens (tertiary/aromatic N) is 6. The number of nitrogens with one attached hydrogen (secondary N) is 1. The van der Waals surface area contributed by atoms with Gasteiger partial charge in [0.1, 0.15) is 12.1 Å². The third-order valence-electron chi connectivity index (χ3n) is 3.72. The van der Waals surface area contributed by atoms with E-state index in [4.69, 9.17) is 0 Å². The lowest BCUT2D eigenvalue weighted by Crippen LogP contribution is -2.03. The zero-order valence-corrected chi connectivity index (χ0v) is 13.1. The van der Waals surface area contributed by atoms with E-state index in [2.05, 4.69) is 36.4 Å². The molecule has 0 aromatic carbocycles. The van der Waals surface area contributed by atoms with Gasteiger partial charge >= 0.3 is 0 Å². The second-order valence-electron chi connectivity index (χ2n) is 5.42. The molecule has 0 aliphatic rings. The summed E-state index contributed by atoms with van der Waals surface area (Å²) in [6, 6.07) is 5.94. The Kier molecular flexibility index (Phi) is 3.59. The summed E-state index contributed by atoms with van der Waals surface area (Å²) in [6.45, 7) is 0.643. The molecule has 7 nitrogen and oxygen atoms in total. The molecule has 0 fully saturated rings. The monoisotopic (exact) mass is 317 g/mol. The molecular formula is C17H15N7. The lowest BCUT2D eigenvalue weighted by atomic mass is 10.1. The van der Waals surface area contributed by atoms with Gasteiger partial charge in [-0.25, -0.2) is 9.97 Å². The predicted molar refractivity (Wildman–Crippen MR) is 91.1 cm³/mol. The lowest BCUT2D eigenvalue weighted by Gasteiger charge is -2.08. The Hall–Kier alpha value is -3.35. The third kappa shape index (κ3) is 2.79. The zero-order valence-electron chi connectivity index (χ0n) is 13.1. The van der Waals surface area contributed by atoms with E-state index in [1.54, 1.807) is 29.6 Å². The molecule has 0 spiro atoms. The van der Waals surface area contributed by atoms with Crippen molar-refractivity contribution >= 4 is 16.7 Å². The van der Waals surface area contributed by atoms with E-state index < -0.39 is 0 Å². The molecule has 0 unspecified atom stereocenters. The fraction of sp³-hybridized carbons (Fsp3) is 0.118. The van der Waals surface area contributed by atoms with Crippen molar-refractivity contribution in [2.75, 3.05) is 5.32 Å². The van der Waals surface area contributed by atoms with Crippen LogP contribution in [0.1, 0.15) is 5.56 Å². The Morgan fingerprint density at radius 1 is 1.08 bits per heavy atom. The maximum absolute atomic E-state index is 4.41. The molecule has 4 rings (SSSR count). The topological polar surface area (TPSA) is 81.4 Å². The van der Waals surface area contributed by atoms with Crippen LogP contribution in [0.25, 0.3) is 22.2 Å². The molecular weight excluding hydrogens is 302 g/mol. The van der Waals surface area contributed by atoms with Crippen molar-refractivity contribution in [1.29, 1.82) is 0 Å². The van der Waals surface area contributed by atoms with Crippen LogP contribution in [0, 0.1) is 0 Å². The summed E-state index contributed by atoms with van der Waals surface area (Å²) < 4.78 is 1.77. The van der Waals surface area contributed by atoms with Crippen LogP contribution in [0.2, 0.25) is 0 Å². The van der Waals surface area contributed by atoms with E-state index in [0.717, 1.165) is 33.5 Å². The van der Waals surface area contributed by atoms with Gasteiger partial charge in [0.15, 0.2) is 0 Å². The molecule has 4 aromatic heterocycles. The van der Waals surface area contributed by atoms with E-state index in [1.807, 2.05) is 31.6 Å². The highest BCUT2D eigenvalue weighted by Gasteiger charge is 2.05. The molecule has 7 heteroatoms. The van der Waals surface area contributed by atoms with Crippen LogP contribution < -0.4 is 5.32 Å². The van der Waals surface area contributed by atoms with Crippen molar-refractivity contribution in [1.82, 2.24) is 29.7 Å². The summed E-state index contributed by atoms with van der Waals surface area (Å²) in [6.07, 6.45) is 10.6. The second kappa shape index (κ2) is 6.04. The molecule has 4 aromatic rings. The van der Waals surface area contributed by atoms with E-state index in [9.17, 15) is 0 Å². The van der Waals surface area contributed by atoms with Gasteiger partial charge in [-0.15, -0.1) is 0 Å². The quantitative estimate of drug-likeness (QED) is 0.622. The van der Waals surface area contributed by atoms with Crippen LogP contribution in [0.15, 0.2) is 55.5 Å². The minimum Gasteiger partial charge on any atom is -0.365 e. The zero-order chi connectivity index (χ0) is 16.4. The van der Waals surface area contributed by atoms with Crippen molar-refractivity contribution in [2.45, 2.75) is 6.54 Å². The summed E-state index contributed by atoms with van der Waals surface area (Å²) >= 11 is 0. The molecule has 0 bridgehead atoms. The van der Waals surface area contributed by atoms with Crippen LogP contribution in [-0.2, 0) is 13.6 Å². The van der Waals surface area contributed by atoms with Gasteiger partial charge in [-0.1, -0.05) is 0 Å². The maximum Gasteiger partial charge on any atom is 0.137 e. The number of fused-ring (bicyclic) bond motifs is 1. The molecule has 0 aliphatic carbocycles. The van der Waals surface area contributed by atoms with E-state index in [0.29, 0.717) is 6.54 Å². The SMILES string of the molecule is Cn1cc(-c2cc(CNc3ncnc4cnccc34)ccn2)cn1. The molecule has 0 amide bonds. The fourth-order valence-electron chi connectivity index (χ4n) is 2.53. The van der Waals surface area contributed by atoms with Crippen molar-refractivity contribution in [3.05, 3.63) is 61.1 Å². The molecule has 0 radical (unpaired) electrons. The number of aromatic nitrogens is 6. The highest BCUT2D eigenvalue weighted by Crippen LogP contribution is 2.20. The van der Waals surface area contributed by atoms with Crippen LogP contribution in [0.3, 0.4) is 0 Å². The average Bonchev–Trinajstić information content (AvgIpc) is 3.07. The molecule has 1 N–H and O–H groups in total. The normalized spacial score (nSPS) is 10.9. The van der Waals surface area contributed by atoms with Gasteiger partial charge < -0.3 is 5.32 Å². The molecule has 118 valence electrons. The Morgan fingerprint density at radius 3 is 2.92 bits per heavy atom. The standard InChI is InChI=1S/C17H15N7/c1-24-10-13(8-23-24)15-6-12(2-5-19-15)7-20-17-14-3-4-18-9-16(14)21-11-22-17/h2-6,8-11H,7H2,1H3,(H,20,21,22). The highest BCUT2D eigenvalue weighted by atomic mass is 15.2. The van der Waals surface area contributed by atoms with Gasteiger partial charge in [-0.3, -0.25) is 14.6 Å². The van der Waals surface area contributed by atoms with Crippen molar-refractivity contribution in [2.24, 2.45) is 7.05 Å². The summed E-state index contributed by atoms with van der Waals surface area (Å²) in [7, 11) is 1.89. The number of hydrogen-bond acceptors (Lipinski definition) is 6. The Morgan fingerprint density at radius 2 is 2.04 bits per heavy atom. The Bertz CT molecular complexity index is 988. The van der Waals surface area contributed by atoms with Gasteiger partial charge in [-0.2, -0.15) is 5.10 Å². The van der Waals surface area contributed by atoms with Gasteiger partial charge in [0.05, 0.1) is 23.6 Å². The number of rotatable bonds is 4. The minimum atomic E-state index is 0.643. The largest absolute Gasteiger partial charge is 0.365 e. The highest BCUT2D eigenvalue weighted by molar-refractivity contribution is 5.87. The number of hydrogen-bond donors (Lipinski definition) is 1. The number of aryl methyl sites for hydroxylation is 1. The van der Waals surface area contributed by atoms with Crippen LogP contribution in [0.4, 0.5) is 5.82 Å². The maximum atomic E-state index is 4.41. The minimum absolute atomic E-state index is 0.643. The van der Waals surface area contributed by atoms with Gasteiger partial charge in [0, 0.05) is 43.1 Å². The fourth-order valence-corrected chi connectivity index (χ4v) is 2.53. The molecule has 0 aliphatic heterocycles. The Balaban J connectivity index is 1.57. The van der Waals surface area contributed by atoms with Gasteiger partial charge in [0.2, 0.25) is 0 Å². The van der Waals surface area contributed by atoms with Crippen molar-refractivity contribution in [3.63, 3.8) is 0 Å². The van der Waals surface area contributed by atoms with Crippen LogP contribution in [-0.4, -0.2) is 29.7 Å². The van der Waals surface area contributed by atoms with E-state index >= 15 is 0 Å². The first-order chi connectivity index (χ1) is 11.8. The Labute approximate surface area is 138 Å².